The number of nitrogens with one attached hydrogen (secondary N) is 3. The molecule has 1 atom stereocenters. The molecule has 1 aliphatic carbocycles. The van der Waals surface area contributed by atoms with Crippen LogP contribution in [0.3, 0.4) is 0 Å². The SMILES string of the molecule is CCC(=O)N[C@H](C(=O)NC1CCC(C(=O)NCc2ccc(Cl)cc2C)CC1)C(C)C. The lowest BCUT2D eigenvalue weighted by Crippen LogP contribution is -2.52. The van der Waals surface area contributed by atoms with E-state index < -0.39 is 6.04 Å². The van der Waals surface area contributed by atoms with Gasteiger partial charge >= 0.3 is 0 Å². The smallest absolute Gasteiger partial charge is 0.243 e. The Balaban J connectivity index is 1.80. The Kier molecular flexibility index (Phi) is 9.15. The molecule has 1 aliphatic rings. The third-order valence-electron chi connectivity index (χ3n) is 5.79. The van der Waals surface area contributed by atoms with Crippen molar-refractivity contribution in [3.05, 3.63) is 34.3 Å². The summed E-state index contributed by atoms with van der Waals surface area (Å²) in [6, 6.07) is 5.18. The zero-order chi connectivity index (χ0) is 22.3. The number of aryl methyl sites for hydroxylation is 1. The van der Waals surface area contributed by atoms with Crippen LogP contribution in [0.25, 0.3) is 0 Å². The molecule has 30 heavy (non-hydrogen) atoms. The average Bonchev–Trinajstić information content (AvgIpc) is 2.71. The monoisotopic (exact) mass is 435 g/mol. The quantitative estimate of drug-likeness (QED) is 0.584. The first-order valence-corrected chi connectivity index (χ1v) is 11.2. The van der Waals surface area contributed by atoms with Crippen molar-refractivity contribution in [3.63, 3.8) is 0 Å². The molecule has 6 nitrogen and oxygen atoms in total. The van der Waals surface area contributed by atoms with Gasteiger partial charge in [0.15, 0.2) is 0 Å². The molecular weight excluding hydrogens is 402 g/mol. The minimum absolute atomic E-state index is 0.0129. The van der Waals surface area contributed by atoms with Crippen LogP contribution in [-0.4, -0.2) is 29.8 Å². The molecule has 7 heteroatoms. The fourth-order valence-electron chi connectivity index (χ4n) is 3.79. The predicted octanol–water partition coefficient (Wildman–Crippen LogP) is 3.49. The van der Waals surface area contributed by atoms with Crippen molar-refractivity contribution in [1.29, 1.82) is 0 Å². The maximum Gasteiger partial charge on any atom is 0.243 e. The lowest BCUT2D eigenvalue weighted by molar-refractivity contribution is -0.130. The van der Waals surface area contributed by atoms with Gasteiger partial charge in [-0.15, -0.1) is 0 Å². The van der Waals surface area contributed by atoms with E-state index in [1.165, 1.54) is 0 Å². The van der Waals surface area contributed by atoms with Crippen molar-refractivity contribution in [2.75, 3.05) is 0 Å². The van der Waals surface area contributed by atoms with Crippen LogP contribution in [0.15, 0.2) is 18.2 Å². The third kappa shape index (κ3) is 7.01. The lowest BCUT2D eigenvalue weighted by atomic mass is 9.85. The minimum Gasteiger partial charge on any atom is -0.352 e. The van der Waals surface area contributed by atoms with Gasteiger partial charge in [0.2, 0.25) is 17.7 Å². The number of halogens is 1. The number of rotatable bonds is 8. The molecule has 0 aromatic heterocycles. The number of hydrogen-bond acceptors (Lipinski definition) is 3. The Labute approximate surface area is 184 Å². The highest BCUT2D eigenvalue weighted by molar-refractivity contribution is 6.30. The molecule has 0 spiro atoms. The standard InChI is InChI=1S/C23H34ClN3O3/c1-5-20(28)27-21(14(2)3)23(30)26-19-10-7-16(8-11-19)22(29)25-13-17-6-9-18(24)12-15(17)4/h6,9,12,14,16,19,21H,5,7-8,10-11,13H2,1-4H3,(H,25,29)(H,26,30)(H,27,28)/t16?,19?,21-/m0/s1. The molecule has 0 unspecified atom stereocenters. The van der Waals surface area contributed by atoms with Crippen LogP contribution in [-0.2, 0) is 20.9 Å². The molecule has 3 N–H and O–H groups in total. The number of carbonyl (C=O) groups is 3. The maximum atomic E-state index is 12.6. The Hall–Kier alpha value is -2.08. The highest BCUT2D eigenvalue weighted by Gasteiger charge is 2.30. The van der Waals surface area contributed by atoms with Gasteiger partial charge in [-0.2, -0.15) is 0 Å². The van der Waals surface area contributed by atoms with E-state index in [0.29, 0.717) is 18.0 Å². The summed E-state index contributed by atoms with van der Waals surface area (Å²) in [5, 5.41) is 9.58. The molecule has 0 bridgehead atoms. The van der Waals surface area contributed by atoms with Crippen molar-refractivity contribution in [1.82, 2.24) is 16.0 Å². The van der Waals surface area contributed by atoms with Crippen molar-refractivity contribution >= 4 is 29.3 Å². The summed E-state index contributed by atoms with van der Waals surface area (Å²) < 4.78 is 0. The predicted molar refractivity (Wildman–Crippen MR) is 119 cm³/mol. The Morgan fingerprint density at radius 3 is 2.37 bits per heavy atom. The largest absolute Gasteiger partial charge is 0.352 e. The van der Waals surface area contributed by atoms with E-state index in [0.717, 1.165) is 36.8 Å². The number of carbonyl (C=O) groups excluding carboxylic acids is 3. The summed E-state index contributed by atoms with van der Waals surface area (Å²) >= 11 is 5.98. The summed E-state index contributed by atoms with van der Waals surface area (Å²) in [5.74, 6) is -0.229. The van der Waals surface area contributed by atoms with Gasteiger partial charge in [0.25, 0.3) is 0 Å². The molecule has 1 saturated carbocycles. The van der Waals surface area contributed by atoms with Gasteiger partial charge in [0.05, 0.1) is 0 Å². The zero-order valence-electron chi connectivity index (χ0n) is 18.4. The summed E-state index contributed by atoms with van der Waals surface area (Å²) in [6.07, 6.45) is 3.35. The van der Waals surface area contributed by atoms with Crippen LogP contribution in [0.4, 0.5) is 0 Å². The van der Waals surface area contributed by atoms with Gasteiger partial charge < -0.3 is 16.0 Å². The van der Waals surface area contributed by atoms with Crippen molar-refractivity contribution in [2.45, 2.75) is 78.4 Å². The molecule has 1 aromatic rings. The topological polar surface area (TPSA) is 87.3 Å². The molecule has 2 rings (SSSR count). The van der Waals surface area contributed by atoms with Crippen molar-refractivity contribution in [3.8, 4) is 0 Å². The minimum atomic E-state index is -0.527. The Morgan fingerprint density at radius 1 is 1.13 bits per heavy atom. The molecule has 166 valence electrons. The third-order valence-corrected chi connectivity index (χ3v) is 6.02. The van der Waals surface area contributed by atoms with Gasteiger partial charge in [-0.05, 0) is 61.8 Å². The van der Waals surface area contributed by atoms with Crippen LogP contribution in [0, 0.1) is 18.8 Å². The molecule has 1 fully saturated rings. The summed E-state index contributed by atoms with van der Waals surface area (Å²) in [4.78, 5) is 36.9. The second-order valence-electron chi connectivity index (χ2n) is 8.49. The van der Waals surface area contributed by atoms with E-state index in [4.69, 9.17) is 11.6 Å². The second kappa shape index (κ2) is 11.3. The molecular formula is C23H34ClN3O3. The molecule has 3 amide bonds. The molecule has 1 aromatic carbocycles. The van der Waals surface area contributed by atoms with Crippen LogP contribution >= 0.6 is 11.6 Å². The van der Waals surface area contributed by atoms with E-state index in [1.807, 2.05) is 39.0 Å². The average molecular weight is 436 g/mol. The Bertz CT molecular complexity index is 758. The van der Waals surface area contributed by atoms with Crippen LogP contribution in [0.2, 0.25) is 5.02 Å². The summed E-state index contributed by atoms with van der Waals surface area (Å²) in [5.41, 5.74) is 2.12. The molecule has 0 aliphatic heterocycles. The van der Waals surface area contributed by atoms with E-state index in [2.05, 4.69) is 16.0 Å². The van der Waals surface area contributed by atoms with Gasteiger partial charge in [-0.25, -0.2) is 0 Å². The molecule has 0 heterocycles. The van der Waals surface area contributed by atoms with Gasteiger partial charge in [0, 0.05) is 29.9 Å². The van der Waals surface area contributed by atoms with Gasteiger partial charge in [0.1, 0.15) is 6.04 Å². The highest BCUT2D eigenvalue weighted by Crippen LogP contribution is 2.25. The van der Waals surface area contributed by atoms with Crippen LogP contribution in [0.5, 0.6) is 0 Å². The lowest BCUT2D eigenvalue weighted by Gasteiger charge is -2.30. The van der Waals surface area contributed by atoms with E-state index in [9.17, 15) is 14.4 Å². The molecule has 0 saturated heterocycles. The summed E-state index contributed by atoms with van der Waals surface area (Å²) in [7, 11) is 0. The zero-order valence-corrected chi connectivity index (χ0v) is 19.1. The van der Waals surface area contributed by atoms with Crippen molar-refractivity contribution < 1.29 is 14.4 Å². The van der Waals surface area contributed by atoms with Crippen LogP contribution in [0.1, 0.15) is 64.0 Å². The second-order valence-corrected chi connectivity index (χ2v) is 8.92. The molecule has 0 radical (unpaired) electrons. The Morgan fingerprint density at radius 2 is 1.80 bits per heavy atom. The first-order valence-electron chi connectivity index (χ1n) is 10.8. The van der Waals surface area contributed by atoms with E-state index in [-0.39, 0.29) is 35.6 Å². The highest BCUT2D eigenvalue weighted by atomic mass is 35.5. The van der Waals surface area contributed by atoms with Crippen LogP contribution < -0.4 is 16.0 Å². The van der Waals surface area contributed by atoms with Gasteiger partial charge in [-0.1, -0.05) is 38.4 Å². The number of hydrogen-bond donors (Lipinski definition) is 3. The summed E-state index contributed by atoms with van der Waals surface area (Å²) in [6.45, 7) is 8.08. The normalized spacial score (nSPS) is 19.8. The first-order chi connectivity index (χ1) is 14.2. The van der Waals surface area contributed by atoms with Gasteiger partial charge in [-0.3, -0.25) is 14.4 Å². The van der Waals surface area contributed by atoms with E-state index >= 15 is 0 Å². The number of benzene rings is 1. The van der Waals surface area contributed by atoms with E-state index in [1.54, 1.807) is 6.92 Å². The maximum absolute atomic E-state index is 12.6. The fourth-order valence-corrected chi connectivity index (χ4v) is 4.01. The first kappa shape index (κ1) is 24.2. The van der Waals surface area contributed by atoms with Crippen molar-refractivity contribution in [2.24, 2.45) is 11.8 Å². The fraction of sp³-hybridized carbons (Fsp3) is 0.609. The number of amides is 3.